The zero-order valence-corrected chi connectivity index (χ0v) is 18.2. The fourth-order valence-corrected chi connectivity index (χ4v) is 3.74. The number of benzene rings is 4. The second-order valence-corrected chi connectivity index (χ2v) is 7.90. The Morgan fingerprint density at radius 1 is 0.844 bits per heavy atom. The van der Waals surface area contributed by atoms with Crippen molar-refractivity contribution in [1.82, 2.24) is 0 Å². The number of anilines is 1. The van der Waals surface area contributed by atoms with Crippen LogP contribution in [-0.4, -0.2) is 11.9 Å². The molecule has 0 bridgehead atoms. The van der Waals surface area contributed by atoms with Crippen LogP contribution >= 0.6 is 0 Å². The normalized spacial score (nSPS) is 11.7. The zero-order chi connectivity index (χ0) is 22.5. The zero-order valence-electron chi connectivity index (χ0n) is 18.2. The third kappa shape index (κ3) is 4.86. The molecule has 0 heterocycles. The number of fused-ring (bicyclic) bond motifs is 1. The quantitative estimate of drug-likeness (QED) is 0.392. The smallest absolute Gasteiger partial charge is 0.311 e. The summed E-state index contributed by atoms with van der Waals surface area (Å²) in [5, 5.41) is 5.00. The van der Waals surface area contributed by atoms with E-state index < -0.39 is 12.1 Å². The molecule has 0 radical (unpaired) electrons. The first-order valence-electron chi connectivity index (χ1n) is 10.6. The second-order valence-electron chi connectivity index (χ2n) is 7.90. The van der Waals surface area contributed by atoms with Gasteiger partial charge in [-0.2, -0.15) is 0 Å². The van der Waals surface area contributed by atoms with Gasteiger partial charge < -0.3 is 10.1 Å². The van der Waals surface area contributed by atoms with Gasteiger partial charge in [0.2, 0.25) is 6.10 Å². The Kier molecular flexibility index (Phi) is 6.31. The lowest BCUT2D eigenvalue weighted by molar-refractivity contribution is -0.154. The molecular weight excluding hydrogens is 398 g/mol. The fourth-order valence-electron chi connectivity index (χ4n) is 3.74. The van der Waals surface area contributed by atoms with Crippen LogP contribution in [0.3, 0.4) is 0 Å². The van der Waals surface area contributed by atoms with E-state index in [1.54, 1.807) is 12.1 Å². The van der Waals surface area contributed by atoms with E-state index in [-0.39, 0.29) is 12.3 Å². The largest absolute Gasteiger partial charge is 0.447 e. The van der Waals surface area contributed by atoms with Crippen molar-refractivity contribution in [2.45, 2.75) is 26.4 Å². The Morgan fingerprint density at radius 2 is 1.56 bits per heavy atom. The predicted molar refractivity (Wildman–Crippen MR) is 127 cm³/mol. The van der Waals surface area contributed by atoms with Crippen molar-refractivity contribution in [1.29, 1.82) is 0 Å². The summed E-state index contributed by atoms with van der Waals surface area (Å²) in [5.74, 6) is -0.831. The Hall–Kier alpha value is -3.92. The molecular formula is C28H25NO3. The molecule has 4 rings (SSSR count). The molecule has 4 heteroatoms. The fraction of sp³-hybridized carbons (Fsp3) is 0.143. The lowest BCUT2D eigenvalue weighted by Crippen LogP contribution is -2.26. The molecule has 0 saturated heterocycles. The molecule has 4 aromatic rings. The molecule has 160 valence electrons. The first-order valence-corrected chi connectivity index (χ1v) is 10.6. The van der Waals surface area contributed by atoms with E-state index in [4.69, 9.17) is 4.74 Å². The van der Waals surface area contributed by atoms with Gasteiger partial charge in [0, 0.05) is 11.3 Å². The van der Waals surface area contributed by atoms with Crippen molar-refractivity contribution < 1.29 is 14.3 Å². The van der Waals surface area contributed by atoms with Gasteiger partial charge in [-0.15, -0.1) is 0 Å². The number of esters is 1. The van der Waals surface area contributed by atoms with Crippen LogP contribution in [0.5, 0.6) is 0 Å². The Labute approximate surface area is 187 Å². The molecule has 32 heavy (non-hydrogen) atoms. The molecule has 0 fully saturated rings. The van der Waals surface area contributed by atoms with E-state index in [9.17, 15) is 9.59 Å². The van der Waals surface area contributed by atoms with Gasteiger partial charge in [-0.25, -0.2) is 0 Å². The van der Waals surface area contributed by atoms with Crippen molar-refractivity contribution in [2.24, 2.45) is 0 Å². The summed E-state index contributed by atoms with van der Waals surface area (Å²) < 4.78 is 5.74. The number of carbonyl (C=O) groups excluding carboxylic acids is 2. The van der Waals surface area contributed by atoms with Crippen molar-refractivity contribution in [3.63, 3.8) is 0 Å². The Morgan fingerprint density at radius 3 is 2.38 bits per heavy atom. The predicted octanol–water partition coefficient (Wildman–Crippen LogP) is 5.92. The molecule has 1 N–H and O–H groups in total. The Bertz CT molecular complexity index is 1260. The van der Waals surface area contributed by atoms with Crippen LogP contribution in [0.1, 0.15) is 28.4 Å². The molecule has 0 saturated carbocycles. The van der Waals surface area contributed by atoms with Crippen LogP contribution in [0, 0.1) is 13.8 Å². The number of hydrogen-bond acceptors (Lipinski definition) is 3. The number of rotatable bonds is 6. The summed E-state index contributed by atoms with van der Waals surface area (Å²) in [7, 11) is 0. The van der Waals surface area contributed by atoms with Gasteiger partial charge in [0.1, 0.15) is 0 Å². The molecule has 0 aliphatic carbocycles. The molecule has 1 amide bonds. The number of carbonyl (C=O) groups is 2. The first-order chi connectivity index (χ1) is 15.5. The average molecular weight is 424 g/mol. The van der Waals surface area contributed by atoms with Crippen LogP contribution < -0.4 is 5.32 Å². The van der Waals surface area contributed by atoms with Crippen molar-refractivity contribution in [2.75, 3.05) is 5.32 Å². The SMILES string of the molecule is Cc1ccc(C)c(NC(=O)[C@@H](OC(=O)Cc2cccc3ccccc23)c2ccccc2)c1. The first kappa shape index (κ1) is 21.3. The maximum absolute atomic E-state index is 13.2. The number of ether oxygens (including phenoxy) is 1. The molecule has 0 unspecified atom stereocenters. The highest BCUT2D eigenvalue weighted by molar-refractivity contribution is 5.97. The lowest BCUT2D eigenvalue weighted by Gasteiger charge is -2.19. The maximum Gasteiger partial charge on any atom is 0.311 e. The van der Waals surface area contributed by atoms with Gasteiger partial charge in [-0.05, 0) is 47.4 Å². The van der Waals surface area contributed by atoms with E-state index >= 15 is 0 Å². The number of aryl methyl sites for hydroxylation is 2. The average Bonchev–Trinajstić information content (AvgIpc) is 2.80. The lowest BCUT2D eigenvalue weighted by atomic mass is 10.0. The Balaban J connectivity index is 1.57. The highest BCUT2D eigenvalue weighted by atomic mass is 16.5. The van der Waals surface area contributed by atoms with Gasteiger partial charge in [0.15, 0.2) is 0 Å². The minimum absolute atomic E-state index is 0.0848. The molecule has 0 aromatic heterocycles. The summed E-state index contributed by atoms with van der Waals surface area (Å²) in [6.45, 7) is 3.90. The molecule has 1 atom stereocenters. The van der Waals surface area contributed by atoms with Crippen LogP contribution in [0.15, 0.2) is 91.0 Å². The van der Waals surface area contributed by atoms with Gasteiger partial charge in [-0.1, -0.05) is 84.9 Å². The van der Waals surface area contributed by atoms with Crippen LogP contribution in [-0.2, 0) is 20.7 Å². The van der Waals surface area contributed by atoms with Crippen LogP contribution in [0.25, 0.3) is 10.8 Å². The molecule has 0 aliphatic heterocycles. The summed E-state index contributed by atoms with van der Waals surface area (Å²) in [6, 6.07) is 28.7. The summed E-state index contributed by atoms with van der Waals surface area (Å²) in [6.07, 6.45) is -0.958. The standard InChI is InChI=1S/C28H25NO3/c1-19-15-16-20(2)25(17-19)29-28(31)27(22-10-4-3-5-11-22)32-26(30)18-23-13-8-12-21-9-6-7-14-24(21)23/h3-17,27H,18H2,1-2H3,(H,29,31)/t27-/m0/s1. The molecule has 4 nitrogen and oxygen atoms in total. The van der Waals surface area contributed by atoms with E-state index in [1.165, 1.54) is 0 Å². The van der Waals surface area contributed by atoms with Gasteiger partial charge in [-0.3, -0.25) is 9.59 Å². The number of hydrogen-bond donors (Lipinski definition) is 1. The van der Waals surface area contributed by atoms with Gasteiger partial charge >= 0.3 is 5.97 Å². The van der Waals surface area contributed by atoms with E-state index in [0.717, 1.165) is 27.5 Å². The van der Waals surface area contributed by atoms with Crippen molar-refractivity contribution in [3.8, 4) is 0 Å². The van der Waals surface area contributed by atoms with E-state index in [0.29, 0.717) is 11.3 Å². The minimum Gasteiger partial charge on any atom is -0.447 e. The van der Waals surface area contributed by atoms with Crippen molar-refractivity contribution in [3.05, 3.63) is 113 Å². The maximum atomic E-state index is 13.2. The molecule has 0 aliphatic rings. The third-order valence-electron chi connectivity index (χ3n) is 5.46. The van der Waals surface area contributed by atoms with Gasteiger partial charge in [0.25, 0.3) is 5.91 Å². The van der Waals surface area contributed by atoms with Crippen molar-refractivity contribution >= 4 is 28.3 Å². The second kappa shape index (κ2) is 9.48. The third-order valence-corrected chi connectivity index (χ3v) is 5.46. The van der Waals surface area contributed by atoms with Crippen LogP contribution in [0.2, 0.25) is 0 Å². The van der Waals surface area contributed by atoms with Crippen LogP contribution in [0.4, 0.5) is 5.69 Å². The summed E-state index contributed by atoms with van der Waals surface area (Å²) >= 11 is 0. The summed E-state index contributed by atoms with van der Waals surface area (Å²) in [4.78, 5) is 26.1. The monoisotopic (exact) mass is 423 g/mol. The molecule has 4 aromatic carbocycles. The topological polar surface area (TPSA) is 55.4 Å². The highest BCUT2D eigenvalue weighted by Gasteiger charge is 2.26. The van der Waals surface area contributed by atoms with E-state index in [1.807, 2.05) is 92.7 Å². The highest BCUT2D eigenvalue weighted by Crippen LogP contribution is 2.24. The number of nitrogens with one attached hydrogen (secondary N) is 1. The minimum atomic E-state index is -1.04. The number of amides is 1. The molecule has 0 spiro atoms. The van der Waals surface area contributed by atoms with Gasteiger partial charge in [0.05, 0.1) is 6.42 Å². The van der Waals surface area contributed by atoms with E-state index in [2.05, 4.69) is 5.32 Å². The summed E-state index contributed by atoms with van der Waals surface area (Å²) in [5.41, 5.74) is 4.19.